The lowest BCUT2D eigenvalue weighted by Gasteiger charge is -2.17. The Morgan fingerprint density at radius 3 is 2.28 bits per heavy atom. The smallest absolute Gasteiger partial charge is 0.119 e. The molecule has 0 aliphatic heterocycles. The van der Waals surface area contributed by atoms with E-state index >= 15 is 0 Å². The highest BCUT2D eigenvalue weighted by Crippen LogP contribution is 2.22. The fourth-order valence-electron chi connectivity index (χ4n) is 1.78. The molecule has 2 rings (SSSR count). The molecule has 0 heterocycles. The minimum Gasteiger partial charge on any atom is -0.497 e. The number of hydrogen-bond donors (Lipinski definition) is 1. The van der Waals surface area contributed by atoms with Crippen LogP contribution in [0.3, 0.4) is 0 Å². The minimum absolute atomic E-state index is 0.320. The predicted molar refractivity (Wildman–Crippen MR) is 71.8 cm³/mol. The van der Waals surface area contributed by atoms with Crippen molar-refractivity contribution in [2.45, 2.75) is 6.04 Å². The number of nitrogens with one attached hydrogen (secondary N) is 1. The maximum atomic E-state index is 13.1. The van der Waals surface area contributed by atoms with Gasteiger partial charge >= 0.3 is 0 Å². The lowest BCUT2D eigenvalue weighted by molar-refractivity contribution is 0.415. The fraction of sp³-hybridized carbons (Fsp3) is 0.200. The van der Waals surface area contributed by atoms with Crippen molar-refractivity contribution in [2.75, 3.05) is 19.1 Å². The molecule has 18 heavy (non-hydrogen) atoms. The Labute approximate surface area is 106 Å². The molecular formula is C15H16FNO. The molecule has 0 amide bonds. The van der Waals surface area contributed by atoms with Gasteiger partial charge in [-0.25, -0.2) is 4.39 Å². The van der Waals surface area contributed by atoms with Crippen molar-refractivity contribution in [2.24, 2.45) is 0 Å². The van der Waals surface area contributed by atoms with Gasteiger partial charge < -0.3 is 10.1 Å². The lowest BCUT2D eigenvalue weighted by Crippen LogP contribution is -2.12. The van der Waals surface area contributed by atoms with Gasteiger partial charge in [0.15, 0.2) is 0 Å². The van der Waals surface area contributed by atoms with E-state index in [9.17, 15) is 4.39 Å². The second kappa shape index (κ2) is 6.05. The molecule has 0 aromatic heterocycles. The van der Waals surface area contributed by atoms with Crippen molar-refractivity contribution in [1.29, 1.82) is 0 Å². The Balaban J connectivity index is 2.10. The molecule has 2 aromatic carbocycles. The molecule has 0 unspecified atom stereocenters. The number of rotatable bonds is 5. The van der Waals surface area contributed by atoms with Crippen molar-refractivity contribution in [3.05, 3.63) is 60.2 Å². The third-order valence-electron chi connectivity index (χ3n) is 2.79. The van der Waals surface area contributed by atoms with Crippen LogP contribution in [0.15, 0.2) is 54.6 Å². The summed E-state index contributed by atoms with van der Waals surface area (Å²) in [6.07, 6.45) is 0. The van der Waals surface area contributed by atoms with Crippen LogP contribution in [0.1, 0.15) is 11.6 Å². The van der Waals surface area contributed by atoms with Gasteiger partial charge in [-0.15, -0.1) is 0 Å². The van der Waals surface area contributed by atoms with Crippen LogP contribution in [0.25, 0.3) is 0 Å². The Morgan fingerprint density at radius 1 is 1.06 bits per heavy atom. The molecule has 0 saturated carbocycles. The Kier molecular flexibility index (Phi) is 4.18. The molecule has 0 saturated heterocycles. The van der Waals surface area contributed by atoms with Crippen molar-refractivity contribution in [3.63, 3.8) is 0 Å². The van der Waals surface area contributed by atoms with Crippen molar-refractivity contribution in [1.82, 2.24) is 0 Å². The molecule has 0 spiro atoms. The van der Waals surface area contributed by atoms with E-state index < -0.39 is 6.67 Å². The van der Waals surface area contributed by atoms with Crippen LogP contribution >= 0.6 is 0 Å². The largest absolute Gasteiger partial charge is 0.497 e. The number of alkyl halides is 1. The van der Waals surface area contributed by atoms with Crippen molar-refractivity contribution < 1.29 is 9.13 Å². The normalized spacial score (nSPS) is 11.9. The quantitative estimate of drug-likeness (QED) is 0.864. The molecule has 94 valence electrons. The molecule has 2 aromatic rings. The monoisotopic (exact) mass is 245 g/mol. The van der Waals surface area contributed by atoms with Gasteiger partial charge in [0.25, 0.3) is 0 Å². The average molecular weight is 245 g/mol. The van der Waals surface area contributed by atoms with Gasteiger partial charge in [0.1, 0.15) is 12.4 Å². The van der Waals surface area contributed by atoms with E-state index in [0.29, 0.717) is 0 Å². The van der Waals surface area contributed by atoms with E-state index in [-0.39, 0.29) is 6.04 Å². The van der Waals surface area contributed by atoms with Crippen LogP contribution in [0.2, 0.25) is 0 Å². The van der Waals surface area contributed by atoms with Crippen LogP contribution < -0.4 is 10.1 Å². The van der Waals surface area contributed by atoms with Crippen LogP contribution in [-0.4, -0.2) is 13.8 Å². The zero-order valence-corrected chi connectivity index (χ0v) is 10.3. The summed E-state index contributed by atoms with van der Waals surface area (Å²) in [6.45, 7) is -0.448. The summed E-state index contributed by atoms with van der Waals surface area (Å²) in [5.74, 6) is 0.789. The maximum Gasteiger partial charge on any atom is 0.119 e. The fourth-order valence-corrected chi connectivity index (χ4v) is 1.78. The summed E-state index contributed by atoms with van der Waals surface area (Å²) in [6, 6.07) is 16.7. The first-order chi connectivity index (χ1) is 8.83. The summed E-state index contributed by atoms with van der Waals surface area (Å²) >= 11 is 0. The third-order valence-corrected chi connectivity index (χ3v) is 2.79. The van der Waals surface area contributed by atoms with E-state index in [2.05, 4.69) is 5.32 Å². The number of benzene rings is 2. The number of ether oxygens (including phenoxy) is 1. The summed E-state index contributed by atoms with van der Waals surface area (Å²) < 4.78 is 18.2. The zero-order chi connectivity index (χ0) is 12.8. The Hall–Kier alpha value is -2.03. The summed E-state index contributed by atoms with van der Waals surface area (Å²) in [5.41, 5.74) is 1.82. The average Bonchev–Trinajstić information content (AvgIpc) is 2.46. The summed E-state index contributed by atoms with van der Waals surface area (Å²) in [5, 5.41) is 3.17. The van der Waals surface area contributed by atoms with E-state index in [1.54, 1.807) is 7.11 Å². The van der Waals surface area contributed by atoms with E-state index in [4.69, 9.17) is 4.74 Å². The maximum absolute atomic E-state index is 13.1. The standard InChI is InChI=1S/C15H16FNO/c1-18-14-9-7-13(8-10-14)17-15(11-16)12-5-3-2-4-6-12/h2-10,15,17H,11H2,1H3/t15-/m1/s1. The van der Waals surface area contributed by atoms with E-state index in [1.807, 2.05) is 54.6 Å². The van der Waals surface area contributed by atoms with Gasteiger partial charge in [0, 0.05) is 5.69 Å². The molecule has 0 fully saturated rings. The van der Waals surface area contributed by atoms with Gasteiger partial charge in [-0.3, -0.25) is 0 Å². The predicted octanol–water partition coefficient (Wildman–Crippen LogP) is 3.82. The second-order valence-electron chi connectivity index (χ2n) is 3.99. The topological polar surface area (TPSA) is 21.3 Å². The molecule has 1 N–H and O–H groups in total. The molecule has 0 aliphatic rings. The molecular weight excluding hydrogens is 229 g/mol. The van der Waals surface area contributed by atoms with Crippen molar-refractivity contribution in [3.8, 4) is 5.75 Å². The molecule has 0 bridgehead atoms. The van der Waals surface area contributed by atoms with Crippen molar-refractivity contribution >= 4 is 5.69 Å². The molecule has 3 heteroatoms. The highest BCUT2D eigenvalue weighted by molar-refractivity contribution is 5.48. The number of halogens is 1. The van der Waals surface area contributed by atoms with E-state index in [0.717, 1.165) is 17.0 Å². The first-order valence-corrected chi connectivity index (χ1v) is 5.85. The van der Waals surface area contributed by atoms with Crippen LogP contribution in [-0.2, 0) is 0 Å². The van der Waals surface area contributed by atoms with Crippen LogP contribution in [0, 0.1) is 0 Å². The van der Waals surface area contributed by atoms with Gasteiger partial charge in [-0.2, -0.15) is 0 Å². The molecule has 2 nitrogen and oxygen atoms in total. The van der Waals surface area contributed by atoms with E-state index in [1.165, 1.54) is 0 Å². The Morgan fingerprint density at radius 2 is 1.72 bits per heavy atom. The zero-order valence-electron chi connectivity index (χ0n) is 10.3. The molecule has 1 atom stereocenters. The lowest BCUT2D eigenvalue weighted by atomic mass is 10.1. The minimum atomic E-state index is -0.448. The third kappa shape index (κ3) is 3.00. The Bertz CT molecular complexity index is 470. The second-order valence-corrected chi connectivity index (χ2v) is 3.99. The highest BCUT2D eigenvalue weighted by atomic mass is 19.1. The van der Waals surface area contributed by atoms with Crippen LogP contribution in [0.4, 0.5) is 10.1 Å². The van der Waals surface area contributed by atoms with Crippen LogP contribution in [0.5, 0.6) is 5.75 Å². The SMILES string of the molecule is COc1ccc(N[C@H](CF)c2ccccc2)cc1. The molecule has 0 radical (unpaired) electrons. The van der Waals surface area contributed by atoms with Gasteiger partial charge in [0.2, 0.25) is 0 Å². The van der Waals surface area contributed by atoms with Gasteiger partial charge in [-0.1, -0.05) is 30.3 Å². The molecule has 0 aliphatic carbocycles. The highest BCUT2D eigenvalue weighted by Gasteiger charge is 2.10. The number of anilines is 1. The number of methoxy groups -OCH3 is 1. The first kappa shape index (κ1) is 12.4. The first-order valence-electron chi connectivity index (χ1n) is 5.85. The van der Waals surface area contributed by atoms with Gasteiger partial charge in [-0.05, 0) is 29.8 Å². The number of hydrogen-bond acceptors (Lipinski definition) is 2. The summed E-state index contributed by atoms with van der Waals surface area (Å²) in [4.78, 5) is 0. The summed E-state index contributed by atoms with van der Waals surface area (Å²) in [7, 11) is 1.62. The van der Waals surface area contributed by atoms with Gasteiger partial charge in [0.05, 0.1) is 13.2 Å².